The Morgan fingerprint density at radius 3 is 2.83 bits per heavy atom. The summed E-state index contributed by atoms with van der Waals surface area (Å²) in [6, 6.07) is 16.4. The van der Waals surface area contributed by atoms with Crippen LogP contribution in [-0.2, 0) is 0 Å². The molecule has 2 aromatic rings. The topological polar surface area (TPSA) is 26.0 Å². The lowest BCUT2D eigenvalue weighted by Crippen LogP contribution is -2.19. The van der Waals surface area contributed by atoms with Crippen molar-refractivity contribution in [2.75, 3.05) is 5.75 Å². The van der Waals surface area contributed by atoms with Crippen LogP contribution in [0.25, 0.3) is 0 Å². The summed E-state index contributed by atoms with van der Waals surface area (Å²) in [6.07, 6.45) is 0. The van der Waals surface area contributed by atoms with Crippen LogP contribution in [0.15, 0.2) is 53.4 Å². The summed E-state index contributed by atoms with van der Waals surface area (Å²) in [5, 5.41) is 0.752. The molecule has 3 rings (SSSR count). The van der Waals surface area contributed by atoms with Crippen molar-refractivity contribution in [1.82, 2.24) is 0 Å². The first-order chi connectivity index (χ1) is 8.75. The van der Waals surface area contributed by atoms with Crippen LogP contribution in [0, 0.1) is 0 Å². The van der Waals surface area contributed by atoms with Gasteiger partial charge in [-0.2, -0.15) is 0 Å². The third-order valence-electron chi connectivity index (χ3n) is 3.40. The standard InChI is InChI=1S/C15H14ClNS/c16-11-5-3-4-10(8-11)15(17)13-9-18-14-7-2-1-6-12(13)14/h1-8,13,15H,9,17H2. The van der Waals surface area contributed by atoms with Gasteiger partial charge in [-0.1, -0.05) is 41.9 Å². The summed E-state index contributed by atoms with van der Waals surface area (Å²) in [6.45, 7) is 0. The molecule has 92 valence electrons. The van der Waals surface area contributed by atoms with Crippen molar-refractivity contribution < 1.29 is 0 Å². The SMILES string of the molecule is NC(c1cccc(Cl)c1)C1CSc2ccccc21. The predicted molar refractivity (Wildman–Crippen MR) is 78.3 cm³/mol. The fourth-order valence-corrected chi connectivity index (χ4v) is 3.94. The second kappa shape index (κ2) is 4.96. The fourth-order valence-electron chi connectivity index (χ4n) is 2.43. The lowest BCUT2D eigenvalue weighted by atomic mass is 9.89. The van der Waals surface area contributed by atoms with E-state index in [2.05, 4.69) is 30.3 Å². The Hall–Kier alpha value is -0.960. The van der Waals surface area contributed by atoms with Gasteiger partial charge >= 0.3 is 0 Å². The molecule has 1 nitrogen and oxygen atoms in total. The highest BCUT2D eigenvalue weighted by Crippen LogP contribution is 2.44. The number of rotatable bonds is 2. The van der Waals surface area contributed by atoms with Crippen molar-refractivity contribution in [2.24, 2.45) is 5.73 Å². The first-order valence-corrected chi connectivity index (χ1v) is 7.35. The van der Waals surface area contributed by atoms with Gasteiger partial charge in [0.05, 0.1) is 0 Å². The van der Waals surface area contributed by atoms with E-state index in [0.717, 1.165) is 16.3 Å². The maximum Gasteiger partial charge on any atom is 0.0409 e. The molecule has 1 aliphatic rings. The first kappa shape index (κ1) is 12.1. The molecule has 0 radical (unpaired) electrons. The third kappa shape index (κ3) is 2.16. The van der Waals surface area contributed by atoms with Gasteiger partial charge in [-0.15, -0.1) is 11.8 Å². The molecule has 18 heavy (non-hydrogen) atoms. The molecule has 0 spiro atoms. The molecule has 0 aromatic heterocycles. The molecule has 0 fully saturated rings. The van der Waals surface area contributed by atoms with E-state index in [1.54, 1.807) is 0 Å². The van der Waals surface area contributed by atoms with E-state index >= 15 is 0 Å². The van der Waals surface area contributed by atoms with E-state index < -0.39 is 0 Å². The Morgan fingerprint density at radius 2 is 2.00 bits per heavy atom. The van der Waals surface area contributed by atoms with Crippen LogP contribution in [-0.4, -0.2) is 5.75 Å². The zero-order valence-electron chi connectivity index (χ0n) is 9.84. The average molecular weight is 276 g/mol. The normalized spacial score (nSPS) is 19.6. The molecule has 2 aromatic carbocycles. The van der Waals surface area contributed by atoms with Crippen molar-refractivity contribution in [2.45, 2.75) is 16.9 Å². The Kier molecular flexibility index (Phi) is 3.33. The molecule has 0 amide bonds. The Bertz CT molecular complexity index is 570. The zero-order chi connectivity index (χ0) is 12.5. The summed E-state index contributed by atoms with van der Waals surface area (Å²) < 4.78 is 0. The molecule has 0 saturated heterocycles. The summed E-state index contributed by atoms with van der Waals surface area (Å²) in [5.74, 6) is 1.43. The molecule has 2 N–H and O–H groups in total. The monoisotopic (exact) mass is 275 g/mol. The van der Waals surface area contributed by atoms with Gasteiger partial charge in [0.2, 0.25) is 0 Å². The number of halogens is 1. The lowest BCUT2D eigenvalue weighted by molar-refractivity contribution is 0.607. The smallest absolute Gasteiger partial charge is 0.0409 e. The minimum atomic E-state index is 0.0137. The number of hydrogen-bond donors (Lipinski definition) is 1. The quantitative estimate of drug-likeness (QED) is 0.888. The molecule has 0 bridgehead atoms. The highest BCUT2D eigenvalue weighted by atomic mass is 35.5. The number of hydrogen-bond acceptors (Lipinski definition) is 2. The second-order valence-electron chi connectivity index (χ2n) is 4.54. The highest BCUT2D eigenvalue weighted by molar-refractivity contribution is 7.99. The van der Waals surface area contributed by atoms with Gasteiger partial charge in [-0.3, -0.25) is 0 Å². The molecule has 2 atom stereocenters. The number of fused-ring (bicyclic) bond motifs is 1. The maximum absolute atomic E-state index is 6.41. The molecule has 0 saturated carbocycles. The van der Waals surface area contributed by atoms with Crippen molar-refractivity contribution >= 4 is 23.4 Å². The maximum atomic E-state index is 6.41. The van der Waals surface area contributed by atoms with Gasteiger partial charge < -0.3 is 5.73 Å². The molecule has 1 aliphatic heterocycles. The average Bonchev–Trinajstić information content (AvgIpc) is 2.82. The van der Waals surface area contributed by atoms with E-state index in [1.165, 1.54) is 10.5 Å². The lowest BCUT2D eigenvalue weighted by Gasteiger charge is -2.20. The fraction of sp³-hybridized carbons (Fsp3) is 0.200. The van der Waals surface area contributed by atoms with Gasteiger partial charge in [0.25, 0.3) is 0 Å². The Morgan fingerprint density at radius 1 is 1.17 bits per heavy atom. The van der Waals surface area contributed by atoms with Gasteiger partial charge in [-0.05, 0) is 29.3 Å². The van der Waals surface area contributed by atoms with Crippen molar-refractivity contribution in [3.8, 4) is 0 Å². The van der Waals surface area contributed by atoms with Gasteiger partial charge in [-0.25, -0.2) is 0 Å². The van der Waals surface area contributed by atoms with E-state index in [9.17, 15) is 0 Å². The van der Waals surface area contributed by atoms with Crippen LogP contribution in [0.5, 0.6) is 0 Å². The van der Waals surface area contributed by atoms with Crippen molar-refractivity contribution in [3.63, 3.8) is 0 Å². The van der Waals surface area contributed by atoms with Gasteiger partial charge in [0.1, 0.15) is 0 Å². The van der Waals surface area contributed by atoms with Gasteiger partial charge in [0.15, 0.2) is 0 Å². The van der Waals surface area contributed by atoms with Crippen LogP contribution in [0.2, 0.25) is 5.02 Å². The van der Waals surface area contributed by atoms with Crippen LogP contribution in [0.3, 0.4) is 0 Å². The molecule has 2 unspecified atom stereocenters. The van der Waals surface area contributed by atoms with Crippen molar-refractivity contribution in [1.29, 1.82) is 0 Å². The minimum Gasteiger partial charge on any atom is -0.323 e. The highest BCUT2D eigenvalue weighted by Gasteiger charge is 2.28. The molecular formula is C15H14ClNS. The van der Waals surface area contributed by atoms with E-state index in [-0.39, 0.29) is 6.04 Å². The number of thioether (sulfide) groups is 1. The van der Waals surface area contributed by atoms with E-state index in [0.29, 0.717) is 5.92 Å². The van der Waals surface area contributed by atoms with Crippen LogP contribution < -0.4 is 5.73 Å². The van der Waals surface area contributed by atoms with Crippen LogP contribution in [0.1, 0.15) is 23.1 Å². The second-order valence-corrected chi connectivity index (χ2v) is 6.03. The molecular weight excluding hydrogens is 262 g/mol. The molecule has 1 heterocycles. The van der Waals surface area contributed by atoms with Crippen molar-refractivity contribution in [3.05, 3.63) is 64.7 Å². The van der Waals surface area contributed by atoms with Crippen LogP contribution >= 0.6 is 23.4 Å². The van der Waals surface area contributed by atoms with Crippen LogP contribution in [0.4, 0.5) is 0 Å². The predicted octanol–water partition coefficient (Wildman–Crippen LogP) is 4.23. The molecule has 0 aliphatic carbocycles. The summed E-state index contributed by atoms with van der Waals surface area (Å²) >= 11 is 7.93. The minimum absolute atomic E-state index is 0.0137. The first-order valence-electron chi connectivity index (χ1n) is 5.98. The summed E-state index contributed by atoms with van der Waals surface area (Å²) in [5.41, 5.74) is 8.90. The largest absolute Gasteiger partial charge is 0.323 e. The Balaban J connectivity index is 1.93. The molecule has 3 heteroatoms. The number of benzene rings is 2. The van der Waals surface area contributed by atoms with Gasteiger partial charge in [0, 0.05) is 27.6 Å². The number of nitrogens with two attached hydrogens (primary N) is 1. The van der Waals surface area contributed by atoms with E-state index in [4.69, 9.17) is 17.3 Å². The van der Waals surface area contributed by atoms with E-state index in [1.807, 2.05) is 30.0 Å². The summed E-state index contributed by atoms with van der Waals surface area (Å²) in [4.78, 5) is 1.36. The zero-order valence-corrected chi connectivity index (χ0v) is 11.4. The Labute approximate surface area is 116 Å². The summed E-state index contributed by atoms with van der Waals surface area (Å²) in [7, 11) is 0. The third-order valence-corrected chi connectivity index (χ3v) is 4.85.